The molecule has 0 saturated carbocycles. The number of amides is 1. The molecule has 2 aliphatic heterocycles. The Labute approximate surface area is 143 Å². The zero-order chi connectivity index (χ0) is 17.5. The van der Waals surface area contributed by atoms with E-state index in [9.17, 15) is 9.90 Å². The summed E-state index contributed by atoms with van der Waals surface area (Å²) in [6.45, 7) is 5.89. The molecule has 3 atom stereocenters. The lowest BCUT2D eigenvalue weighted by Crippen LogP contribution is -2.57. The Bertz CT molecular complexity index is 583. The topological polar surface area (TPSA) is 76.9 Å². The van der Waals surface area contributed by atoms with Crippen molar-refractivity contribution in [3.63, 3.8) is 0 Å². The summed E-state index contributed by atoms with van der Waals surface area (Å²) in [5.74, 6) is 0.941. The van der Waals surface area contributed by atoms with Crippen LogP contribution in [0.4, 0.5) is 10.6 Å². The fraction of sp³-hybridized carbons (Fsp3) is 0.667. The normalized spacial score (nSPS) is 26.5. The van der Waals surface area contributed by atoms with Gasteiger partial charge >= 0.3 is 6.09 Å². The Kier molecular flexibility index (Phi) is 4.42. The zero-order valence-electron chi connectivity index (χ0n) is 14.6. The molecule has 3 heterocycles. The Morgan fingerprint density at radius 3 is 2.33 bits per heavy atom. The number of piperidine rings is 1. The van der Waals surface area contributed by atoms with Crippen LogP contribution in [0.2, 0.25) is 0 Å². The predicted octanol–water partition coefficient (Wildman–Crippen LogP) is 2.85. The number of hydrogen-bond donors (Lipinski definition) is 2. The lowest BCUT2D eigenvalue weighted by atomic mass is 9.92. The van der Waals surface area contributed by atoms with Crippen LogP contribution in [-0.4, -0.2) is 49.9 Å². The fourth-order valence-corrected chi connectivity index (χ4v) is 4.39. The van der Waals surface area contributed by atoms with E-state index in [-0.39, 0.29) is 18.2 Å². The van der Waals surface area contributed by atoms with Crippen LogP contribution in [0.1, 0.15) is 52.0 Å². The van der Waals surface area contributed by atoms with Gasteiger partial charge in [0.2, 0.25) is 0 Å². The van der Waals surface area contributed by atoms with Crippen LogP contribution < -0.4 is 4.90 Å². The van der Waals surface area contributed by atoms with Crippen LogP contribution in [0.15, 0.2) is 18.3 Å². The second-order valence-corrected chi connectivity index (χ2v) is 7.92. The Balaban J connectivity index is 1.79. The van der Waals surface area contributed by atoms with Gasteiger partial charge in [-0.25, -0.2) is 9.78 Å². The molecule has 0 aliphatic carbocycles. The van der Waals surface area contributed by atoms with Gasteiger partial charge in [-0.15, -0.1) is 0 Å². The van der Waals surface area contributed by atoms with E-state index in [4.69, 9.17) is 5.11 Å². The third kappa shape index (κ3) is 3.07. The van der Waals surface area contributed by atoms with Crippen molar-refractivity contribution >= 4 is 11.9 Å². The van der Waals surface area contributed by atoms with Crippen LogP contribution >= 0.6 is 0 Å². The van der Waals surface area contributed by atoms with Crippen LogP contribution in [0.5, 0.6) is 0 Å². The van der Waals surface area contributed by atoms with E-state index in [1.807, 2.05) is 32.9 Å². The standard InChI is InChI=1S/C18H27N3O3/c1-18(2,3)21(17(23)24)15-8-13-5-6-14(9-15)20(13)16-7-4-12(11-22)10-19-16/h4,7,10,13-15,22H,5-6,8-9,11H2,1-3H3,(H,23,24)/t13-,14+,15?. The van der Waals surface area contributed by atoms with Crippen molar-refractivity contribution in [2.45, 2.75) is 76.7 Å². The first-order valence-corrected chi connectivity index (χ1v) is 8.67. The number of nitrogens with zero attached hydrogens (tertiary/aromatic N) is 3. The summed E-state index contributed by atoms with van der Waals surface area (Å²) in [5, 5.41) is 18.8. The van der Waals surface area contributed by atoms with Gasteiger partial charge < -0.3 is 20.0 Å². The first kappa shape index (κ1) is 17.0. The maximum absolute atomic E-state index is 11.8. The number of anilines is 1. The molecule has 0 spiro atoms. The zero-order valence-corrected chi connectivity index (χ0v) is 14.6. The molecule has 6 nitrogen and oxygen atoms in total. The van der Waals surface area contributed by atoms with E-state index >= 15 is 0 Å². The van der Waals surface area contributed by atoms with Gasteiger partial charge in [0, 0.05) is 29.9 Å². The minimum Gasteiger partial charge on any atom is -0.465 e. The quantitative estimate of drug-likeness (QED) is 0.889. The van der Waals surface area contributed by atoms with Crippen LogP contribution in [0.3, 0.4) is 0 Å². The van der Waals surface area contributed by atoms with Crippen molar-refractivity contribution in [1.82, 2.24) is 9.88 Å². The summed E-state index contributed by atoms with van der Waals surface area (Å²) >= 11 is 0. The molecule has 2 N–H and O–H groups in total. The van der Waals surface area contributed by atoms with Crippen molar-refractivity contribution in [3.8, 4) is 0 Å². The van der Waals surface area contributed by atoms with Gasteiger partial charge in [0.25, 0.3) is 0 Å². The summed E-state index contributed by atoms with van der Waals surface area (Å²) in [4.78, 5) is 20.3. The number of fused-ring (bicyclic) bond motifs is 2. The van der Waals surface area contributed by atoms with E-state index in [1.165, 1.54) is 0 Å². The van der Waals surface area contributed by atoms with E-state index in [0.717, 1.165) is 37.1 Å². The smallest absolute Gasteiger partial charge is 0.407 e. The third-order valence-electron chi connectivity index (χ3n) is 5.26. The van der Waals surface area contributed by atoms with Crippen molar-refractivity contribution in [3.05, 3.63) is 23.9 Å². The highest BCUT2D eigenvalue weighted by atomic mass is 16.4. The minimum atomic E-state index is -0.828. The molecule has 2 aliphatic rings. The largest absolute Gasteiger partial charge is 0.465 e. The highest BCUT2D eigenvalue weighted by Gasteiger charge is 2.46. The molecule has 6 heteroatoms. The number of aromatic nitrogens is 1. The van der Waals surface area contributed by atoms with Gasteiger partial charge in [0.15, 0.2) is 0 Å². The average molecular weight is 333 g/mol. The molecule has 24 heavy (non-hydrogen) atoms. The van der Waals surface area contributed by atoms with E-state index in [0.29, 0.717) is 12.1 Å². The Morgan fingerprint density at radius 1 is 1.29 bits per heavy atom. The average Bonchev–Trinajstić information content (AvgIpc) is 2.76. The fourth-order valence-electron chi connectivity index (χ4n) is 4.39. The van der Waals surface area contributed by atoms with E-state index in [2.05, 4.69) is 9.88 Å². The highest BCUT2D eigenvalue weighted by Crippen LogP contribution is 2.41. The molecule has 1 aromatic heterocycles. The first-order valence-electron chi connectivity index (χ1n) is 8.67. The lowest BCUT2D eigenvalue weighted by molar-refractivity contribution is 0.0558. The van der Waals surface area contributed by atoms with Crippen LogP contribution in [-0.2, 0) is 6.61 Å². The summed E-state index contributed by atoms with van der Waals surface area (Å²) in [5.41, 5.74) is 0.421. The number of pyridine rings is 1. The molecule has 2 fully saturated rings. The molecule has 0 aromatic carbocycles. The van der Waals surface area contributed by atoms with Gasteiger partial charge in [0.05, 0.1) is 6.61 Å². The lowest BCUT2D eigenvalue weighted by Gasteiger charge is -2.47. The second kappa shape index (κ2) is 6.24. The molecule has 2 saturated heterocycles. The molecule has 1 amide bonds. The SMILES string of the molecule is CC(C)(C)N(C(=O)O)C1C[C@H]2CC[C@@H](C1)N2c1ccc(CO)cn1. The van der Waals surface area contributed by atoms with E-state index < -0.39 is 6.09 Å². The molecule has 132 valence electrons. The van der Waals surface area contributed by atoms with Gasteiger partial charge in [-0.2, -0.15) is 0 Å². The molecular formula is C18H27N3O3. The number of carboxylic acid groups (broad SMARTS) is 1. The second-order valence-electron chi connectivity index (χ2n) is 7.92. The van der Waals surface area contributed by atoms with Gasteiger partial charge in [-0.3, -0.25) is 0 Å². The molecular weight excluding hydrogens is 306 g/mol. The third-order valence-corrected chi connectivity index (χ3v) is 5.26. The maximum Gasteiger partial charge on any atom is 0.407 e. The minimum absolute atomic E-state index is 0.00135. The Hall–Kier alpha value is -1.82. The monoisotopic (exact) mass is 333 g/mol. The molecule has 1 aromatic rings. The van der Waals surface area contributed by atoms with Crippen LogP contribution in [0.25, 0.3) is 0 Å². The molecule has 1 unspecified atom stereocenters. The van der Waals surface area contributed by atoms with Gasteiger partial charge in [-0.05, 0) is 58.1 Å². The first-order chi connectivity index (χ1) is 11.3. The van der Waals surface area contributed by atoms with Gasteiger partial charge in [0.1, 0.15) is 5.82 Å². The van der Waals surface area contributed by atoms with Crippen molar-refractivity contribution < 1.29 is 15.0 Å². The number of rotatable bonds is 3. The molecule has 3 rings (SSSR count). The predicted molar refractivity (Wildman–Crippen MR) is 92.1 cm³/mol. The number of carbonyl (C=O) groups is 1. The molecule has 2 bridgehead atoms. The summed E-state index contributed by atoms with van der Waals surface area (Å²) < 4.78 is 0. The highest BCUT2D eigenvalue weighted by molar-refractivity contribution is 5.66. The summed E-state index contributed by atoms with van der Waals surface area (Å²) in [7, 11) is 0. The molecule has 0 radical (unpaired) electrons. The maximum atomic E-state index is 11.8. The number of hydrogen-bond acceptors (Lipinski definition) is 4. The van der Waals surface area contributed by atoms with Crippen LogP contribution in [0, 0.1) is 0 Å². The summed E-state index contributed by atoms with van der Waals surface area (Å²) in [6.07, 6.45) is 4.77. The van der Waals surface area contributed by atoms with Crippen molar-refractivity contribution in [2.75, 3.05) is 4.90 Å². The van der Waals surface area contributed by atoms with E-state index in [1.54, 1.807) is 11.1 Å². The summed E-state index contributed by atoms with van der Waals surface area (Å²) in [6, 6.07) is 4.62. The number of aliphatic hydroxyl groups is 1. The van der Waals surface area contributed by atoms with Crippen molar-refractivity contribution in [1.29, 1.82) is 0 Å². The van der Waals surface area contributed by atoms with Crippen molar-refractivity contribution in [2.24, 2.45) is 0 Å². The van der Waals surface area contributed by atoms with Gasteiger partial charge in [-0.1, -0.05) is 6.07 Å². The Morgan fingerprint density at radius 2 is 1.92 bits per heavy atom. The number of aliphatic hydroxyl groups excluding tert-OH is 1.